The molecule has 3 N–H and O–H groups in total. The summed E-state index contributed by atoms with van der Waals surface area (Å²) in [5.41, 5.74) is 2.04. The van der Waals surface area contributed by atoms with Gasteiger partial charge >= 0.3 is 0 Å². The van der Waals surface area contributed by atoms with E-state index < -0.39 is 27.9 Å². The Balaban J connectivity index is 1.44. The number of nitrogens with one attached hydrogen (secondary N) is 2. The van der Waals surface area contributed by atoms with Crippen LogP contribution in [0.5, 0.6) is 0 Å². The Hall–Kier alpha value is -3.12. The number of benzene rings is 2. The van der Waals surface area contributed by atoms with Gasteiger partial charge in [0, 0.05) is 41.0 Å². The predicted octanol–water partition coefficient (Wildman–Crippen LogP) is 3.29. The number of aryl methyl sites for hydroxylation is 1. The third-order valence-corrected chi connectivity index (χ3v) is 9.97. The summed E-state index contributed by atoms with van der Waals surface area (Å²) in [6.07, 6.45) is 3.91. The molecule has 4 atom stereocenters. The second kappa shape index (κ2) is 12.4. The number of amides is 2. The minimum absolute atomic E-state index is 0.0572. The van der Waals surface area contributed by atoms with E-state index in [0.29, 0.717) is 13.0 Å². The lowest BCUT2D eigenvalue weighted by Crippen LogP contribution is -2.52. The van der Waals surface area contributed by atoms with Crippen LogP contribution in [-0.2, 0) is 16.3 Å². The molecule has 3 aromatic rings. The molecule has 218 valence electrons. The molecule has 2 fully saturated rings. The van der Waals surface area contributed by atoms with Gasteiger partial charge in [-0.1, -0.05) is 30.3 Å². The van der Waals surface area contributed by atoms with E-state index in [0.717, 1.165) is 54.7 Å². The molecule has 2 amide bonds. The van der Waals surface area contributed by atoms with Crippen molar-refractivity contribution >= 4 is 33.0 Å². The van der Waals surface area contributed by atoms with Crippen LogP contribution in [0.4, 0.5) is 0 Å². The summed E-state index contributed by atoms with van der Waals surface area (Å²) >= 11 is 1.51. The number of aliphatic hydroxyl groups is 1. The number of aromatic nitrogens is 1. The molecule has 11 heteroatoms. The molecule has 2 aromatic carbocycles. The van der Waals surface area contributed by atoms with Gasteiger partial charge in [-0.15, -0.1) is 11.3 Å². The average molecular weight is 597 g/mol. The number of rotatable bonds is 9. The van der Waals surface area contributed by atoms with E-state index in [9.17, 15) is 23.1 Å². The Bertz CT molecular complexity index is 1500. The lowest BCUT2D eigenvalue weighted by molar-refractivity contribution is 0.0733. The Morgan fingerprint density at radius 3 is 2.56 bits per heavy atom. The normalized spacial score (nSPS) is 20.6. The van der Waals surface area contributed by atoms with Crippen molar-refractivity contribution in [3.8, 4) is 0 Å². The molecular formula is C30H36N4O5S2. The van der Waals surface area contributed by atoms with Crippen molar-refractivity contribution in [1.29, 1.82) is 0 Å². The topological polar surface area (TPSA) is 129 Å². The standard InChI is InChI=1S/C30H36N4O5S2/c1-19-18-40-29(32-19)26-11-7-13-34(26)30(37)22-15-21(16-23(17-22)41(2,38)39)28(36)33-25(14-20-8-4-3-5-9-20)27(35)24-10-6-12-31-24/h3-5,8-9,15-18,24-27,31,35H,6-7,10-14H2,1-2H3,(H,33,36)/t24-,25+,26-,27-/m1/s1. The number of thiazole rings is 1. The van der Waals surface area contributed by atoms with Gasteiger partial charge < -0.3 is 20.6 Å². The molecule has 2 aliphatic heterocycles. The number of hydrogen-bond donors (Lipinski definition) is 3. The third kappa shape index (κ3) is 6.86. The zero-order valence-electron chi connectivity index (χ0n) is 23.2. The molecular weight excluding hydrogens is 560 g/mol. The smallest absolute Gasteiger partial charge is 0.254 e. The fraction of sp³-hybridized carbons (Fsp3) is 0.433. The van der Waals surface area contributed by atoms with Gasteiger partial charge in [0.25, 0.3) is 11.8 Å². The first kappa shape index (κ1) is 29.4. The quantitative estimate of drug-likeness (QED) is 0.346. The molecule has 5 rings (SSSR count). The molecule has 0 radical (unpaired) electrons. The molecule has 2 aliphatic rings. The maximum absolute atomic E-state index is 13.8. The van der Waals surface area contributed by atoms with Crippen LogP contribution < -0.4 is 10.6 Å². The molecule has 41 heavy (non-hydrogen) atoms. The summed E-state index contributed by atoms with van der Waals surface area (Å²) in [5, 5.41) is 20.3. The van der Waals surface area contributed by atoms with Gasteiger partial charge in [0.05, 0.1) is 23.1 Å². The number of nitrogens with zero attached hydrogens (tertiary/aromatic N) is 2. The monoisotopic (exact) mass is 596 g/mol. The minimum Gasteiger partial charge on any atom is -0.389 e. The van der Waals surface area contributed by atoms with Gasteiger partial charge in [-0.2, -0.15) is 0 Å². The van der Waals surface area contributed by atoms with Gasteiger partial charge in [0.1, 0.15) is 5.01 Å². The van der Waals surface area contributed by atoms with Crippen LogP contribution in [-0.4, -0.2) is 72.8 Å². The van der Waals surface area contributed by atoms with E-state index in [2.05, 4.69) is 15.6 Å². The maximum Gasteiger partial charge on any atom is 0.254 e. The van der Waals surface area contributed by atoms with Crippen molar-refractivity contribution < 1.29 is 23.1 Å². The van der Waals surface area contributed by atoms with Crippen LogP contribution in [0.25, 0.3) is 0 Å². The number of hydrogen-bond acceptors (Lipinski definition) is 8. The zero-order chi connectivity index (χ0) is 29.1. The van der Waals surface area contributed by atoms with Gasteiger partial charge in [-0.25, -0.2) is 13.4 Å². The van der Waals surface area contributed by atoms with Crippen molar-refractivity contribution in [3.63, 3.8) is 0 Å². The number of carbonyl (C=O) groups excluding carboxylic acids is 2. The van der Waals surface area contributed by atoms with E-state index in [1.165, 1.54) is 29.5 Å². The SMILES string of the molecule is Cc1csc([C@H]2CCCN2C(=O)c2cc(C(=O)N[C@@H](Cc3ccccc3)[C@H](O)[C@H]3CCCN3)cc(S(C)(=O)=O)c2)n1. The summed E-state index contributed by atoms with van der Waals surface area (Å²) in [6, 6.07) is 12.7. The molecule has 0 spiro atoms. The molecule has 0 aliphatic carbocycles. The molecule has 2 saturated heterocycles. The van der Waals surface area contributed by atoms with E-state index in [1.54, 1.807) is 4.90 Å². The summed E-state index contributed by atoms with van der Waals surface area (Å²) < 4.78 is 25.2. The van der Waals surface area contributed by atoms with Gasteiger partial charge in [0.15, 0.2) is 9.84 Å². The van der Waals surface area contributed by atoms with Crippen molar-refractivity contribution in [1.82, 2.24) is 20.5 Å². The fourth-order valence-corrected chi connectivity index (χ4v) is 7.31. The van der Waals surface area contributed by atoms with Crippen LogP contribution in [0.3, 0.4) is 0 Å². The second-order valence-corrected chi connectivity index (χ2v) is 13.9. The highest BCUT2D eigenvalue weighted by Gasteiger charge is 2.34. The Morgan fingerprint density at radius 1 is 1.15 bits per heavy atom. The highest BCUT2D eigenvalue weighted by molar-refractivity contribution is 7.90. The van der Waals surface area contributed by atoms with E-state index in [4.69, 9.17) is 0 Å². The zero-order valence-corrected chi connectivity index (χ0v) is 24.9. The Labute approximate surface area is 244 Å². The highest BCUT2D eigenvalue weighted by atomic mass is 32.2. The predicted molar refractivity (Wildman–Crippen MR) is 158 cm³/mol. The van der Waals surface area contributed by atoms with Crippen LogP contribution in [0.1, 0.15) is 68.7 Å². The van der Waals surface area contributed by atoms with Crippen LogP contribution in [0.15, 0.2) is 58.8 Å². The van der Waals surface area contributed by atoms with E-state index >= 15 is 0 Å². The van der Waals surface area contributed by atoms with Crippen molar-refractivity contribution in [3.05, 3.63) is 81.3 Å². The minimum atomic E-state index is -3.73. The van der Waals surface area contributed by atoms with Crippen molar-refractivity contribution in [2.24, 2.45) is 0 Å². The molecule has 0 unspecified atom stereocenters. The van der Waals surface area contributed by atoms with Crippen LogP contribution >= 0.6 is 11.3 Å². The summed E-state index contributed by atoms with van der Waals surface area (Å²) in [4.78, 5) is 33.6. The molecule has 9 nitrogen and oxygen atoms in total. The van der Waals surface area contributed by atoms with Crippen LogP contribution in [0.2, 0.25) is 0 Å². The lowest BCUT2D eigenvalue weighted by Gasteiger charge is -2.29. The average Bonchev–Trinajstić information content (AvgIpc) is 3.74. The Kier molecular flexibility index (Phi) is 8.88. The highest BCUT2D eigenvalue weighted by Crippen LogP contribution is 2.35. The Morgan fingerprint density at radius 2 is 1.90 bits per heavy atom. The second-order valence-electron chi connectivity index (χ2n) is 11.0. The molecule has 0 saturated carbocycles. The fourth-order valence-electron chi connectivity index (χ4n) is 5.69. The molecule has 3 heterocycles. The van der Waals surface area contributed by atoms with Gasteiger partial charge in [0.2, 0.25) is 0 Å². The first-order chi connectivity index (χ1) is 19.6. The van der Waals surface area contributed by atoms with Crippen molar-refractivity contribution in [2.45, 2.75) is 68.2 Å². The molecule has 0 bridgehead atoms. The maximum atomic E-state index is 13.8. The third-order valence-electron chi connectivity index (χ3n) is 7.82. The van der Waals surface area contributed by atoms with E-state index in [-0.39, 0.29) is 34.0 Å². The number of sulfone groups is 1. The first-order valence-electron chi connectivity index (χ1n) is 13.9. The first-order valence-corrected chi connectivity index (χ1v) is 16.7. The van der Waals surface area contributed by atoms with Gasteiger partial charge in [-0.05, 0) is 69.3 Å². The number of aliphatic hydroxyl groups excluding tert-OH is 1. The summed E-state index contributed by atoms with van der Waals surface area (Å²) in [5.74, 6) is -0.882. The largest absolute Gasteiger partial charge is 0.389 e. The van der Waals surface area contributed by atoms with E-state index in [1.807, 2.05) is 42.6 Å². The molecule has 1 aromatic heterocycles. The lowest BCUT2D eigenvalue weighted by atomic mass is 9.95. The summed E-state index contributed by atoms with van der Waals surface area (Å²) in [6.45, 7) is 3.23. The van der Waals surface area contributed by atoms with Gasteiger partial charge in [-0.3, -0.25) is 9.59 Å². The summed E-state index contributed by atoms with van der Waals surface area (Å²) in [7, 11) is -3.73. The van der Waals surface area contributed by atoms with Crippen molar-refractivity contribution in [2.75, 3.05) is 19.3 Å². The number of likely N-dealkylation sites (tertiary alicyclic amines) is 1. The van der Waals surface area contributed by atoms with Crippen LogP contribution in [0, 0.1) is 6.92 Å². The number of carbonyl (C=O) groups is 2.